The number of rotatable bonds is 6. The number of ether oxygens (including phenoxy) is 2. The first-order valence-corrected chi connectivity index (χ1v) is 11.6. The quantitative estimate of drug-likeness (QED) is 0.338. The SMILES string of the molecule is O=C(CSc1nc2ccccc2c(=O)n1-c1ccccc1F)NC[C@H]1COc2ccccc2O1. The third-order valence-corrected chi connectivity index (χ3v) is 6.20. The molecule has 5 rings (SSSR count). The summed E-state index contributed by atoms with van der Waals surface area (Å²) >= 11 is 1.06. The number of fused-ring (bicyclic) bond motifs is 2. The van der Waals surface area contributed by atoms with Crippen LogP contribution < -0.4 is 20.3 Å². The Hall–Kier alpha value is -3.85. The number of nitrogens with zero attached hydrogens (tertiary/aromatic N) is 2. The Balaban J connectivity index is 1.32. The molecule has 9 heteroatoms. The molecule has 0 spiro atoms. The van der Waals surface area contributed by atoms with Crippen molar-refractivity contribution >= 4 is 28.6 Å². The van der Waals surface area contributed by atoms with Crippen LogP contribution in [0, 0.1) is 5.82 Å². The molecule has 4 aromatic rings. The van der Waals surface area contributed by atoms with E-state index >= 15 is 0 Å². The highest BCUT2D eigenvalue weighted by molar-refractivity contribution is 7.99. The van der Waals surface area contributed by atoms with E-state index in [4.69, 9.17) is 9.47 Å². The van der Waals surface area contributed by atoms with E-state index in [0.29, 0.717) is 29.0 Å². The summed E-state index contributed by atoms with van der Waals surface area (Å²) in [5, 5.41) is 3.42. The van der Waals surface area contributed by atoms with E-state index in [9.17, 15) is 14.0 Å². The smallest absolute Gasteiger partial charge is 0.266 e. The lowest BCUT2D eigenvalue weighted by Gasteiger charge is -2.26. The van der Waals surface area contributed by atoms with E-state index < -0.39 is 11.4 Å². The predicted octanol–water partition coefficient (Wildman–Crippen LogP) is 3.57. The number of benzene rings is 3. The lowest BCUT2D eigenvalue weighted by molar-refractivity contribution is -0.119. The van der Waals surface area contributed by atoms with Gasteiger partial charge in [-0.25, -0.2) is 9.37 Å². The number of hydrogen-bond donors (Lipinski definition) is 1. The van der Waals surface area contributed by atoms with E-state index in [1.165, 1.54) is 16.7 Å². The van der Waals surface area contributed by atoms with E-state index in [1.54, 1.807) is 36.4 Å². The highest BCUT2D eigenvalue weighted by Crippen LogP contribution is 2.30. The van der Waals surface area contributed by atoms with Gasteiger partial charge in [-0.1, -0.05) is 48.2 Å². The summed E-state index contributed by atoms with van der Waals surface area (Å²) in [6.45, 7) is 0.586. The molecule has 1 N–H and O–H groups in total. The highest BCUT2D eigenvalue weighted by Gasteiger charge is 2.22. The van der Waals surface area contributed by atoms with Crippen LogP contribution in [-0.2, 0) is 4.79 Å². The minimum Gasteiger partial charge on any atom is -0.486 e. The zero-order valence-electron chi connectivity index (χ0n) is 17.9. The number of para-hydroxylation sites is 4. The topological polar surface area (TPSA) is 82.5 Å². The first-order valence-electron chi connectivity index (χ1n) is 10.6. The molecule has 3 aromatic carbocycles. The summed E-state index contributed by atoms with van der Waals surface area (Å²) in [7, 11) is 0. The van der Waals surface area contributed by atoms with Gasteiger partial charge < -0.3 is 14.8 Å². The summed E-state index contributed by atoms with van der Waals surface area (Å²) < 4.78 is 27.3. The molecule has 0 radical (unpaired) electrons. The number of halogens is 1. The van der Waals surface area contributed by atoms with Gasteiger partial charge in [0.05, 0.1) is 28.9 Å². The molecule has 0 bridgehead atoms. The van der Waals surface area contributed by atoms with Crippen molar-refractivity contribution in [2.75, 3.05) is 18.9 Å². The summed E-state index contributed by atoms with van der Waals surface area (Å²) in [6.07, 6.45) is -0.320. The van der Waals surface area contributed by atoms with Crippen molar-refractivity contribution in [2.24, 2.45) is 0 Å². The number of aromatic nitrogens is 2. The molecule has 172 valence electrons. The second-order valence-corrected chi connectivity index (χ2v) is 8.54. The van der Waals surface area contributed by atoms with Gasteiger partial charge >= 0.3 is 0 Å². The van der Waals surface area contributed by atoms with Crippen LogP contribution in [0.15, 0.2) is 82.7 Å². The third kappa shape index (κ3) is 4.47. The van der Waals surface area contributed by atoms with E-state index in [2.05, 4.69) is 10.3 Å². The van der Waals surface area contributed by atoms with Crippen LogP contribution >= 0.6 is 11.8 Å². The Morgan fingerprint density at radius 3 is 2.65 bits per heavy atom. The molecular formula is C25H20FN3O4S. The zero-order chi connectivity index (χ0) is 23.5. The third-order valence-electron chi connectivity index (χ3n) is 5.27. The highest BCUT2D eigenvalue weighted by atomic mass is 32.2. The standard InChI is InChI=1S/C25H20FN3O4S/c26-18-8-2-4-10-20(18)29-24(31)17-7-1-3-9-19(17)28-25(29)34-15-23(30)27-13-16-14-32-21-11-5-6-12-22(21)33-16/h1-12,16H,13-15H2,(H,27,30)/t16-/m0/s1. The Morgan fingerprint density at radius 2 is 1.79 bits per heavy atom. The average molecular weight is 478 g/mol. The molecule has 0 unspecified atom stereocenters. The lowest BCUT2D eigenvalue weighted by atomic mass is 10.2. The van der Waals surface area contributed by atoms with Crippen LogP contribution in [0.3, 0.4) is 0 Å². The number of nitrogens with one attached hydrogen (secondary N) is 1. The van der Waals surface area contributed by atoms with Crippen molar-refractivity contribution < 1.29 is 18.7 Å². The first kappa shape index (κ1) is 22.0. The molecular weight excluding hydrogens is 457 g/mol. The summed E-state index contributed by atoms with van der Waals surface area (Å²) in [5.41, 5.74) is 0.166. The minimum absolute atomic E-state index is 0.0105. The summed E-state index contributed by atoms with van der Waals surface area (Å²) in [6, 6.07) is 20.2. The van der Waals surface area contributed by atoms with Crippen LogP contribution in [0.1, 0.15) is 0 Å². The molecule has 1 aliphatic heterocycles. The van der Waals surface area contributed by atoms with Crippen LogP contribution in [0.2, 0.25) is 0 Å². The molecule has 2 heterocycles. The molecule has 0 saturated carbocycles. The first-order chi connectivity index (χ1) is 16.6. The fraction of sp³-hybridized carbons (Fsp3) is 0.160. The lowest BCUT2D eigenvalue weighted by Crippen LogP contribution is -2.41. The number of amides is 1. The Morgan fingerprint density at radius 1 is 1.06 bits per heavy atom. The van der Waals surface area contributed by atoms with Crippen molar-refractivity contribution in [1.29, 1.82) is 0 Å². The Bertz CT molecular complexity index is 1420. The number of carbonyl (C=O) groups excluding carboxylic acids is 1. The monoisotopic (exact) mass is 477 g/mol. The molecule has 1 atom stereocenters. The maximum atomic E-state index is 14.6. The normalized spacial score (nSPS) is 14.7. The minimum atomic E-state index is -0.553. The Labute approximate surface area is 198 Å². The zero-order valence-corrected chi connectivity index (χ0v) is 18.8. The summed E-state index contributed by atoms with van der Waals surface area (Å²) in [5.74, 6) is 0.479. The Kier molecular flexibility index (Phi) is 6.18. The fourth-order valence-corrected chi connectivity index (χ4v) is 4.46. The number of thioether (sulfide) groups is 1. The van der Waals surface area contributed by atoms with E-state index in [1.807, 2.05) is 24.3 Å². The maximum absolute atomic E-state index is 14.6. The predicted molar refractivity (Wildman–Crippen MR) is 127 cm³/mol. The molecule has 1 aliphatic rings. The number of carbonyl (C=O) groups is 1. The second kappa shape index (κ2) is 9.56. The van der Waals surface area contributed by atoms with Gasteiger partial charge in [0.2, 0.25) is 5.91 Å². The van der Waals surface area contributed by atoms with Crippen molar-refractivity contribution in [3.05, 3.63) is 89.0 Å². The van der Waals surface area contributed by atoms with Gasteiger partial charge in [-0.3, -0.25) is 14.2 Å². The van der Waals surface area contributed by atoms with Gasteiger partial charge in [-0.15, -0.1) is 0 Å². The van der Waals surface area contributed by atoms with Crippen molar-refractivity contribution in [3.8, 4) is 17.2 Å². The van der Waals surface area contributed by atoms with Gasteiger partial charge in [-0.05, 0) is 36.4 Å². The van der Waals surface area contributed by atoms with Crippen molar-refractivity contribution in [1.82, 2.24) is 14.9 Å². The second-order valence-electron chi connectivity index (χ2n) is 7.59. The summed E-state index contributed by atoms with van der Waals surface area (Å²) in [4.78, 5) is 30.3. The average Bonchev–Trinajstić information content (AvgIpc) is 2.87. The van der Waals surface area contributed by atoms with Crippen LogP contribution in [0.25, 0.3) is 16.6 Å². The molecule has 0 aliphatic carbocycles. The van der Waals surface area contributed by atoms with Gasteiger partial charge in [-0.2, -0.15) is 0 Å². The van der Waals surface area contributed by atoms with Gasteiger partial charge in [0.15, 0.2) is 16.7 Å². The number of hydrogen-bond acceptors (Lipinski definition) is 6. The molecule has 0 saturated heterocycles. The van der Waals surface area contributed by atoms with Gasteiger partial charge in [0.25, 0.3) is 5.56 Å². The molecule has 1 amide bonds. The largest absolute Gasteiger partial charge is 0.486 e. The maximum Gasteiger partial charge on any atom is 0.266 e. The van der Waals surface area contributed by atoms with Crippen LogP contribution in [0.4, 0.5) is 4.39 Å². The molecule has 0 fully saturated rings. The molecule has 7 nitrogen and oxygen atoms in total. The van der Waals surface area contributed by atoms with Gasteiger partial charge in [0.1, 0.15) is 18.5 Å². The van der Waals surface area contributed by atoms with Crippen molar-refractivity contribution in [3.63, 3.8) is 0 Å². The van der Waals surface area contributed by atoms with Gasteiger partial charge in [0, 0.05) is 0 Å². The molecule has 34 heavy (non-hydrogen) atoms. The fourth-order valence-electron chi connectivity index (χ4n) is 3.63. The molecule has 1 aromatic heterocycles. The van der Waals surface area contributed by atoms with E-state index in [0.717, 1.165) is 11.8 Å². The van der Waals surface area contributed by atoms with Crippen LogP contribution in [0.5, 0.6) is 11.5 Å². The van der Waals surface area contributed by atoms with Crippen molar-refractivity contribution in [2.45, 2.75) is 11.3 Å². The van der Waals surface area contributed by atoms with E-state index in [-0.39, 0.29) is 35.2 Å². The van der Waals surface area contributed by atoms with Crippen LogP contribution in [-0.4, -0.2) is 40.5 Å².